The monoisotopic (exact) mass is 209 g/mol. The molecular weight excluding hydrogens is 190 g/mol. The molecule has 84 valence electrons. The molecule has 2 aliphatic heterocycles. The van der Waals surface area contributed by atoms with Gasteiger partial charge in [0.15, 0.2) is 0 Å². The van der Waals surface area contributed by atoms with Crippen LogP contribution < -0.4 is 5.32 Å². The fourth-order valence-corrected chi connectivity index (χ4v) is 2.10. The van der Waals surface area contributed by atoms with Gasteiger partial charge in [-0.05, 0) is 25.7 Å². The van der Waals surface area contributed by atoms with Crippen molar-refractivity contribution in [3.8, 4) is 0 Å². The summed E-state index contributed by atoms with van der Waals surface area (Å²) in [6.45, 7) is 3.22. The van der Waals surface area contributed by atoms with E-state index in [-0.39, 0.29) is 5.91 Å². The topological polar surface area (TPSA) is 44.7 Å². The van der Waals surface area contributed by atoms with Crippen LogP contribution in [0.25, 0.3) is 0 Å². The van der Waals surface area contributed by atoms with Crippen molar-refractivity contribution in [2.45, 2.75) is 32.1 Å². The van der Waals surface area contributed by atoms with Gasteiger partial charge in [0, 0.05) is 26.1 Å². The maximum atomic E-state index is 11.7. The molecule has 4 heteroatoms. The van der Waals surface area contributed by atoms with Gasteiger partial charge in [-0.25, -0.2) is 0 Å². The van der Waals surface area contributed by atoms with Gasteiger partial charge in [-0.3, -0.25) is 9.79 Å². The predicted molar refractivity (Wildman–Crippen MR) is 60.0 cm³/mol. The minimum absolute atomic E-state index is 0.223. The number of likely N-dealkylation sites (tertiary alicyclic amines) is 1. The first-order valence-electron chi connectivity index (χ1n) is 5.91. The van der Waals surface area contributed by atoms with Gasteiger partial charge in [-0.2, -0.15) is 0 Å². The molecule has 1 amide bonds. The number of rotatable bonds is 2. The van der Waals surface area contributed by atoms with Crippen LogP contribution in [-0.2, 0) is 4.79 Å². The Labute approximate surface area is 90.7 Å². The summed E-state index contributed by atoms with van der Waals surface area (Å²) in [6.07, 6.45) is 5.71. The largest absolute Gasteiger partial charge is 0.365 e. The van der Waals surface area contributed by atoms with Crippen LogP contribution in [0.5, 0.6) is 0 Å². The van der Waals surface area contributed by atoms with E-state index in [1.165, 1.54) is 12.8 Å². The molecule has 0 saturated carbocycles. The lowest BCUT2D eigenvalue weighted by atomic mass is 10.2. The molecule has 0 aliphatic carbocycles. The molecule has 4 nitrogen and oxygen atoms in total. The van der Waals surface area contributed by atoms with Crippen LogP contribution in [0.2, 0.25) is 0 Å². The van der Waals surface area contributed by atoms with E-state index in [0.717, 1.165) is 44.7 Å². The standard InChI is InChI=1S/C11H19N3O/c15-11(14-7-3-4-8-14)9-13-10-5-1-2-6-12-10/h1-9H2,(H,12,13). The zero-order valence-electron chi connectivity index (χ0n) is 9.17. The van der Waals surface area contributed by atoms with Gasteiger partial charge >= 0.3 is 0 Å². The summed E-state index contributed by atoms with van der Waals surface area (Å²) < 4.78 is 0. The number of amidine groups is 1. The molecule has 0 radical (unpaired) electrons. The quantitative estimate of drug-likeness (QED) is 0.730. The molecule has 0 unspecified atom stereocenters. The zero-order valence-corrected chi connectivity index (χ0v) is 9.17. The highest BCUT2D eigenvalue weighted by Crippen LogP contribution is 2.07. The summed E-state index contributed by atoms with van der Waals surface area (Å²) in [5, 5.41) is 3.16. The summed E-state index contributed by atoms with van der Waals surface area (Å²) in [6, 6.07) is 0. The van der Waals surface area contributed by atoms with Crippen LogP contribution >= 0.6 is 0 Å². The van der Waals surface area contributed by atoms with Crippen molar-refractivity contribution in [2.24, 2.45) is 4.99 Å². The van der Waals surface area contributed by atoms with Gasteiger partial charge in [-0.1, -0.05) is 0 Å². The highest BCUT2D eigenvalue weighted by molar-refractivity contribution is 5.88. The third-order valence-electron chi connectivity index (χ3n) is 3.03. The van der Waals surface area contributed by atoms with Gasteiger partial charge in [-0.15, -0.1) is 0 Å². The third-order valence-corrected chi connectivity index (χ3v) is 3.03. The fourth-order valence-electron chi connectivity index (χ4n) is 2.10. The van der Waals surface area contributed by atoms with Crippen LogP contribution in [0, 0.1) is 0 Å². The minimum atomic E-state index is 0.223. The summed E-state index contributed by atoms with van der Waals surface area (Å²) in [5.41, 5.74) is 0. The molecule has 2 heterocycles. The number of hydrogen-bond donors (Lipinski definition) is 1. The Balaban J connectivity index is 1.72. The molecule has 0 aromatic rings. The van der Waals surface area contributed by atoms with Gasteiger partial charge in [0.2, 0.25) is 5.91 Å². The average Bonchev–Trinajstić information content (AvgIpc) is 2.81. The van der Waals surface area contributed by atoms with E-state index in [2.05, 4.69) is 10.3 Å². The van der Waals surface area contributed by atoms with Crippen LogP contribution in [0.3, 0.4) is 0 Å². The second-order valence-electron chi connectivity index (χ2n) is 4.23. The average molecular weight is 209 g/mol. The Morgan fingerprint density at radius 1 is 1.27 bits per heavy atom. The van der Waals surface area contributed by atoms with Gasteiger partial charge in [0.05, 0.1) is 12.4 Å². The van der Waals surface area contributed by atoms with E-state index in [1.54, 1.807) is 0 Å². The van der Waals surface area contributed by atoms with E-state index >= 15 is 0 Å². The van der Waals surface area contributed by atoms with Gasteiger partial charge < -0.3 is 10.2 Å². The second-order valence-corrected chi connectivity index (χ2v) is 4.23. The van der Waals surface area contributed by atoms with Crippen molar-refractivity contribution in [3.63, 3.8) is 0 Å². The van der Waals surface area contributed by atoms with E-state index in [4.69, 9.17) is 0 Å². The summed E-state index contributed by atoms with van der Waals surface area (Å²) in [7, 11) is 0. The van der Waals surface area contributed by atoms with E-state index in [1.807, 2.05) is 4.90 Å². The first-order valence-corrected chi connectivity index (χ1v) is 5.91. The molecule has 2 rings (SSSR count). The highest BCUT2D eigenvalue weighted by atomic mass is 16.2. The molecule has 1 saturated heterocycles. The van der Waals surface area contributed by atoms with Crippen LogP contribution in [-0.4, -0.2) is 42.8 Å². The van der Waals surface area contributed by atoms with Crippen LogP contribution in [0.15, 0.2) is 4.99 Å². The fraction of sp³-hybridized carbons (Fsp3) is 0.818. The Kier molecular flexibility index (Phi) is 3.59. The summed E-state index contributed by atoms with van der Waals surface area (Å²) in [4.78, 5) is 18.0. The molecule has 0 atom stereocenters. The van der Waals surface area contributed by atoms with Crippen molar-refractivity contribution in [2.75, 3.05) is 26.2 Å². The molecule has 0 bridgehead atoms. The van der Waals surface area contributed by atoms with Crippen LogP contribution in [0.4, 0.5) is 0 Å². The molecule has 1 fully saturated rings. The van der Waals surface area contributed by atoms with Gasteiger partial charge in [0.25, 0.3) is 0 Å². The van der Waals surface area contributed by atoms with E-state index in [9.17, 15) is 4.79 Å². The third kappa shape index (κ3) is 2.94. The number of carbonyl (C=O) groups excluding carboxylic acids is 1. The number of hydrogen-bond acceptors (Lipinski definition) is 3. The maximum Gasteiger partial charge on any atom is 0.241 e. The lowest BCUT2D eigenvalue weighted by Crippen LogP contribution is -2.39. The molecule has 0 spiro atoms. The smallest absolute Gasteiger partial charge is 0.241 e. The first kappa shape index (κ1) is 10.5. The molecule has 2 aliphatic rings. The number of amides is 1. The number of nitrogens with one attached hydrogen (secondary N) is 1. The highest BCUT2D eigenvalue weighted by Gasteiger charge is 2.17. The molecule has 0 aromatic heterocycles. The van der Waals surface area contributed by atoms with Crippen molar-refractivity contribution >= 4 is 11.7 Å². The molecule has 1 N–H and O–H groups in total. The summed E-state index contributed by atoms with van der Waals surface area (Å²) >= 11 is 0. The number of aliphatic imine (C=N–C) groups is 1. The van der Waals surface area contributed by atoms with E-state index in [0.29, 0.717) is 6.54 Å². The SMILES string of the molecule is O=C(CNC1=NCCCC1)N1CCCC1. The van der Waals surface area contributed by atoms with Gasteiger partial charge in [0.1, 0.15) is 0 Å². The maximum absolute atomic E-state index is 11.7. The molecule has 0 aromatic carbocycles. The second kappa shape index (κ2) is 5.14. The Bertz CT molecular complexity index is 257. The minimum Gasteiger partial charge on any atom is -0.365 e. The van der Waals surface area contributed by atoms with E-state index < -0.39 is 0 Å². The first-order chi connectivity index (χ1) is 7.36. The number of carbonyl (C=O) groups is 1. The van der Waals surface area contributed by atoms with Crippen LogP contribution in [0.1, 0.15) is 32.1 Å². The zero-order chi connectivity index (χ0) is 10.5. The Morgan fingerprint density at radius 2 is 2.07 bits per heavy atom. The number of nitrogens with zero attached hydrogens (tertiary/aromatic N) is 2. The molecule has 15 heavy (non-hydrogen) atoms. The Hall–Kier alpha value is -1.06. The van der Waals surface area contributed by atoms with Crippen molar-refractivity contribution < 1.29 is 4.79 Å². The lowest BCUT2D eigenvalue weighted by Gasteiger charge is -2.18. The van der Waals surface area contributed by atoms with Crippen molar-refractivity contribution in [1.29, 1.82) is 0 Å². The molecular formula is C11H19N3O. The Morgan fingerprint density at radius 3 is 2.73 bits per heavy atom. The summed E-state index contributed by atoms with van der Waals surface area (Å²) in [5.74, 6) is 1.24. The van der Waals surface area contributed by atoms with Crippen molar-refractivity contribution in [3.05, 3.63) is 0 Å². The normalized spacial score (nSPS) is 21.3. The predicted octanol–water partition coefficient (Wildman–Crippen LogP) is 0.781. The van der Waals surface area contributed by atoms with Crippen molar-refractivity contribution in [1.82, 2.24) is 10.2 Å². The lowest BCUT2D eigenvalue weighted by molar-refractivity contribution is -0.128.